The second kappa shape index (κ2) is 10.8. The van der Waals surface area contributed by atoms with E-state index in [-0.39, 0.29) is 18.4 Å². The van der Waals surface area contributed by atoms with Crippen LogP contribution in [-0.2, 0) is 4.79 Å². The fourth-order valence-corrected chi connectivity index (χ4v) is 3.13. The summed E-state index contributed by atoms with van der Waals surface area (Å²) in [6.07, 6.45) is 0. The van der Waals surface area contributed by atoms with Gasteiger partial charge in [0.1, 0.15) is 5.75 Å². The first-order valence-electron chi connectivity index (χ1n) is 10.3. The molecule has 0 saturated heterocycles. The Hall–Kier alpha value is -3.80. The van der Waals surface area contributed by atoms with Crippen LogP contribution in [0.3, 0.4) is 0 Å². The van der Waals surface area contributed by atoms with E-state index >= 15 is 0 Å². The van der Waals surface area contributed by atoms with Gasteiger partial charge in [-0.25, -0.2) is 0 Å². The van der Waals surface area contributed by atoms with Crippen molar-refractivity contribution in [2.45, 2.75) is 13.8 Å². The zero-order valence-corrected chi connectivity index (χ0v) is 17.8. The van der Waals surface area contributed by atoms with E-state index in [1.807, 2.05) is 68.4 Å². The predicted molar refractivity (Wildman–Crippen MR) is 125 cm³/mol. The van der Waals surface area contributed by atoms with E-state index in [4.69, 9.17) is 4.74 Å². The molecule has 0 atom stereocenters. The minimum absolute atomic E-state index is 0.0799. The maximum absolute atomic E-state index is 12.9. The monoisotopic (exact) mass is 417 g/mol. The summed E-state index contributed by atoms with van der Waals surface area (Å²) in [5.41, 5.74) is 2.89. The van der Waals surface area contributed by atoms with Crippen LogP contribution >= 0.6 is 0 Å². The zero-order chi connectivity index (χ0) is 22.1. The van der Waals surface area contributed by atoms with E-state index in [1.54, 1.807) is 29.2 Å². The molecule has 160 valence electrons. The molecule has 0 aliphatic heterocycles. The third-order valence-electron chi connectivity index (χ3n) is 4.66. The van der Waals surface area contributed by atoms with Crippen molar-refractivity contribution >= 4 is 28.9 Å². The van der Waals surface area contributed by atoms with Crippen LogP contribution in [0.2, 0.25) is 0 Å². The van der Waals surface area contributed by atoms with E-state index < -0.39 is 0 Å². The molecule has 0 spiro atoms. The molecule has 0 bridgehead atoms. The molecule has 3 rings (SSSR count). The van der Waals surface area contributed by atoms with E-state index in [1.165, 1.54) is 0 Å². The Morgan fingerprint density at radius 2 is 1.48 bits per heavy atom. The van der Waals surface area contributed by atoms with Gasteiger partial charge in [-0.05, 0) is 74.5 Å². The van der Waals surface area contributed by atoms with Crippen LogP contribution in [0.25, 0.3) is 0 Å². The molecule has 3 aromatic carbocycles. The van der Waals surface area contributed by atoms with Crippen molar-refractivity contribution in [1.29, 1.82) is 0 Å². The van der Waals surface area contributed by atoms with Crippen LogP contribution in [0.4, 0.5) is 17.1 Å². The number of carbonyl (C=O) groups is 2. The lowest BCUT2D eigenvalue weighted by molar-refractivity contribution is -0.114. The molecular weight excluding hydrogens is 390 g/mol. The summed E-state index contributed by atoms with van der Waals surface area (Å²) in [7, 11) is 0. The zero-order valence-electron chi connectivity index (χ0n) is 17.8. The SMILES string of the molecule is CCOc1ccc(NCC(=O)Nc2ccc(C(=O)N(CC)c3ccccc3)cc2)cc1. The van der Waals surface area contributed by atoms with E-state index in [0.717, 1.165) is 17.1 Å². The van der Waals surface area contributed by atoms with Gasteiger partial charge in [-0.15, -0.1) is 0 Å². The van der Waals surface area contributed by atoms with Crippen molar-refractivity contribution in [2.75, 3.05) is 35.2 Å². The standard InChI is InChI=1S/C25H27N3O3/c1-3-28(22-8-6-5-7-9-22)25(30)19-10-12-21(13-11-19)27-24(29)18-26-20-14-16-23(17-15-20)31-4-2/h5-17,26H,3-4,18H2,1-2H3,(H,27,29). The fourth-order valence-electron chi connectivity index (χ4n) is 3.13. The molecule has 0 fully saturated rings. The van der Waals surface area contributed by atoms with E-state index in [0.29, 0.717) is 24.4 Å². The number of nitrogens with one attached hydrogen (secondary N) is 2. The van der Waals surface area contributed by atoms with Gasteiger partial charge in [-0.1, -0.05) is 18.2 Å². The molecule has 0 aromatic heterocycles. The third kappa shape index (κ3) is 6.09. The van der Waals surface area contributed by atoms with Crippen molar-refractivity contribution in [2.24, 2.45) is 0 Å². The molecule has 0 radical (unpaired) electrons. The Kier molecular flexibility index (Phi) is 7.65. The summed E-state index contributed by atoms with van der Waals surface area (Å²) in [6.45, 7) is 5.19. The normalized spacial score (nSPS) is 10.3. The fraction of sp³-hybridized carbons (Fsp3) is 0.200. The average Bonchev–Trinajstić information content (AvgIpc) is 2.80. The summed E-state index contributed by atoms with van der Waals surface area (Å²) in [6, 6.07) is 23.9. The van der Waals surface area contributed by atoms with Gasteiger partial charge in [0.15, 0.2) is 0 Å². The van der Waals surface area contributed by atoms with Crippen molar-refractivity contribution < 1.29 is 14.3 Å². The van der Waals surface area contributed by atoms with Crippen LogP contribution in [0.5, 0.6) is 5.75 Å². The van der Waals surface area contributed by atoms with Crippen LogP contribution in [-0.4, -0.2) is 31.5 Å². The summed E-state index contributed by atoms with van der Waals surface area (Å²) in [5, 5.41) is 5.91. The number of anilines is 3. The van der Waals surface area contributed by atoms with Crippen LogP contribution in [0, 0.1) is 0 Å². The topological polar surface area (TPSA) is 70.7 Å². The number of ether oxygens (including phenoxy) is 1. The second-order valence-corrected chi connectivity index (χ2v) is 6.82. The van der Waals surface area contributed by atoms with Crippen molar-refractivity contribution in [1.82, 2.24) is 0 Å². The van der Waals surface area contributed by atoms with Crippen molar-refractivity contribution in [3.8, 4) is 5.75 Å². The van der Waals surface area contributed by atoms with Gasteiger partial charge in [-0.2, -0.15) is 0 Å². The minimum atomic E-state index is -0.174. The molecule has 0 saturated carbocycles. The van der Waals surface area contributed by atoms with Crippen molar-refractivity contribution in [3.63, 3.8) is 0 Å². The number of hydrogen-bond donors (Lipinski definition) is 2. The van der Waals surface area contributed by atoms with Crippen molar-refractivity contribution in [3.05, 3.63) is 84.4 Å². The molecule has 6 heteroatoms. The highest BCUT2D eigenvalue weighted by Crippen LogP contribution is 2.18. The van der Waals surface area contributed by atoms with Gasteiger partial charge in [-0.3, -0.25) is 9.59 Å². The van der Waals surface area contributed by atoms with Gasteiger partial charge in [0.25, 0.3) is 5.91 Å². The lowest BCUT2D eigenvalue weighted by Gasteiger charge is -2.21. The molecule has 0 aliphatic rings. The highest BCUT2D eigenvalue weighted by atomic mass is 16.5. The molecule has 2 N–H and O–H groups in total. The van der Waals surface area contributed by atoms with E-state index in [9.17, 15) is 9.59 Å². The highest BCUT2D eigenvalue weighted by Gasteiger charge is 2.15. The summed E-state index contributed by atoms with van der Waals surface area (Å²) in [4.78, 5) is 26.8. The molecule has 3 aromatic rings. The number of hydrogen-bond acceptors (Lipinski definition) is 4. The Balaban J connectivity index is 1.54. The molecule has 0 aliphatic carbocycles. The summed E-state index contributed by atoms with van der Waals surface area (Å²) in [5.74, 6) is 0.539. The Bertz CT molecular complexity index is 987. The predicted octanol–water partition coefficient (Wildman–Crippen LogP) is 4.80. The number of carbonyl (C=O) groups excluding carboxylic acids is 2. The number of para-hydroxylation sites is 1. The largest absolute Gasteiger partial charge is 0.494 e. The Morgan fingerprint density at radius 1 is 0.839 bits per heavy atom. The summed E-state index contributed by atoms with van der Waals surface area (Å²) < 4.78 is 5.40. The van der Waals surface area contributed by atoms with Gasteiger partial charge < -0.3 is 20.3 Å². The second-order valence-electron chi connectivity index (χ2n) is 6.82. The Morgan fingerprint density at radius 3 is 2.10 bits per heavy atom. The molecule has 0 unspecified atom stereocenters. The van der Waals surface area contributed by atoms with Gasteiger partial charge in [0, 0.05) is 29.2 Å². The van der Waals surface area contributed by atoms with Crippen LogP contribution < -0.4 is 20.3 Å². The molecular formula is C25H27N3O3. The Labute approximate surface area is 182 Å². The molecule has 0 heterocycles. The number of amides is 2. The number of nitrogens with zero attached hydrogens (tertiary/aromatic N) is 1. The molecule has 6 nitrogen and oxygen atoms in total. The minimum Gasteiger partial charge on any atom is -0.494 e. The molecule has 2 amide bonds. The first-order chi connectivity index (χ1) is 15.1. The quantitative estimate of drug-likeness (QED) is 0.525. The van der Waals surface area contributed by atoms with Gasteiger partial charge >= 0.3 is 0 Å². The number of rotatable bonds is 9. The highest BCUT2D eigenvalue weighted by molar-refractivity contribution is 6.06. The van der Waals surface area contributed by atoms with Crippen LogP contribution in [0.15, 0.2) is 78.9 Å². The van der Waals surface area contributed by atoms with Gasteiger partial charge in [0.05, 0.1) is 13.2 Å². The summed E-state index contributed by atoms with van der Waals surface area (Å²) >= 11 is 0. The number of benzene rings is 3. The van der Waals surface area contributed by atoms with E-state index in [2.05, 4.69) is 10.6 Å². The van der Waals surface area contributed by atoms with Gasteiger partial charge in [0.2, 0.25) is 5.91 Å². The first-order valence-corrected chi connectivity index (χ1v) is 10.3. The average molecular weight is 418 g/mol. The molecule has 31 heavy (non-hydrogen) atoms. The lowest BCUT2D eigenvalue weighted by atomic mass is 10.1. The van der Waals surface area contributed by atoms with Crippen LogP contribution in [0.1, 0.15) is 24.2 Å². The maximum Gasteiger partial charge on any atom is 0.258 e. The smallest absolute Gasteiger partial charge is 0.258 e. The maximum atomic E-state index is 12.9. The lowest BCUT2D eigenvalue weighted by Crippen LogP contribution is -2.30. The first kappa shape index (κ1) is 21.9. The third-order valence-corrected chi connectivity index (χ3v) is 4.66.